The quantitative estimate of drug-likeness (QED) is 0.892. The van der Waals surface area contributed by atoms with E-state index < -0.39 is 5.97 Å². The summed E-state index contributed by atoms with van der Waals surface area (Å²) in [6.45, 7) is 6.72. The van der Waals surface area contributed by atoms with Gasteiger partial charge in [0, 0.05) is 18.8 Å². The number of likely N-dealkylation sites (tertiary alicyclic amines) is 1. The molecule has 0 saturated carbocycles. The summed E-state index contributed by atoms with van der Waals surface area (Å²) in [7, 11) is 0. The van der Waals surface area contributed by atoms with E-state index in [1.807, 2.05) is 0 Å². The Kier molecular flexibility index (Phi) is 4.96. The first-order valence-corrected chi connectivity index (χ1v) is 7.29. The van der Waals surface area contributed by atoms with E-state index in [1.165, 1.54) is 18.6 Å². The number of hydrogen-bond donors (Lipinski definition) is 2. The van der Waals surface area contributed by atoms with Crippen LogP contribution in [-0.4, -0.2) is 41.5 Å². The molecule has 1 heterocycles. The number of carbonyl (C=O) groups is 2. The molecular formula is C16H22N2O3. The maximum Gasteiger partial charge on any atom is 0.335 e. The minimum absolute atomic E-state index is 0.0561. The number of amides is 1. The molecule has 0 bridgehead atoms. The number of piperidine rings is 1. The number of nitrogens with one attached hydrogen (secondary N) is 1. The first-order chi connectivity index (χ1) is 9.94. The molecule has 1 amide bonds. The number of aromatic carboxylic acids is 1. The number of rotatable bonds is 4. The maximum absolute atomic E-state index is 12.0. The maximum atomic E-state index is 12.0. The lowest BCUT2D eigenvalue weighted by atomic mass is 9.92. The number of nitrogens with zero attached hydrogens (tertiary/aromatic N) is 1. The van der Waals surface area contributed by atoms with E-state index in [0.29, 0.717) is 24.1 Å². The van der Waals surface area contributed by atoms with Crippen LogP contribution in [0.4, 0.5) is 5.69 Å². The zero-order chi connectivity index (χ0) is 15.4. The number of anilines is 1. The van der Waals surface area contributed by atoms with Crippen LogP contribution in [0.1, 0.15) is 30.6 Å². The normalized spacial score (nSPS) is 22.8. The average Bonchev–Trinajstić information content (AvgIpc) is 2.37. The zero-order valence-corrected chi connectivity index (χ0v) is 12.5. The molecule has 114 valence electrons. The van der Waals surface area contributed by atoms with Crippen LogP contribution in [0.2, 0.25) is 0 Å². The summed E-state index contributed by atoms with van der Waals surface area (Å²) in [5, 5.41) is 11.6. The lowest BCUT2D eigenvalue weighted by Gasteiger charge is -2.34. The minimum atomic E-state index is -0.968. The summed E-state index contributed by atoms with van der Waals surface area (Å²) in [4.78, 5) is 25.0. The molecule has 1 aromatic rings. The van der Waals surface area contributed by atoms with Crippen molar-refractivity contribution in [3.05, 3.63) is 29.8 Å². The van der Waals surface area contributed by atoms with Gasteiger partial charge in [-0.25, -0.2) is 4.79 Å². The van der Waals surface area contributed by atoms with Gasteiger partial charge in [0.05, 0.1) is 12.1 Å². The fourth-order valence-electron chi connectivity index (χ4n) is 3.02. The molecule has 1 aliphatic heterocycles. The van der Waals surface area contributed by atoms with Gasteiger partial charge in [-0.15, -0.1) is 0 Å². The van der Waals surface area contributed by atoms with Gasteiger partial charge >= 0.3 is 5.97 Å². The molecule has 2 atom stereocenters. The first kappa shape index (κ1) is 15.5. The predicted molar refractivity (Wildman–Crippen MR) is 81.4 cm³/mol. The van der Waals surface area contributed by atoms with Gasteiger partial charge < -0.3 is 10.4 Å². The second-order valence-corrected chi connectivity index (χ2v) is 6.07. The molecule has 1 aliphatic rings. The summed E-state index contributed by atoms with van der Waals surface area (Å²) in [5.74, 6) is 0.219. The van der Waals surface area contributed by atoms with Crippen molar-refractivity contribution < 1.29 is 14.7 Å². The van der Waals surface area contributed by atoms with Crippen LogP contribution in [0.15, 0.2) is 24.3 Å². The second kappa shape index (κ2) is 6.72. The van der Waals surface area contributed by atoms with Crippen LogP contribution in [-0.2, 0) is 4.79 Å². The van der Waals surface area contributed by atoms with Crippen LogP contribution in [0.25, 0.3) is 0 Å². The van der Waals surface area contributed by atoms with E-state index in [0.717, 1.165) is 13.1 Å². The van der Waals surface area contributed by atoms with E-state index in [-0.39, 0.29) is 11.5 Å². The average molecular weight is 290 g/mol. The molecule has 1 saturated heterocycles. The van der Waals surface area contributed by atoms with Gasteiger partial charge in [0.25, 0.3) is 0 Å². The molecule has 0 spiro atoms. The van der Waals surface area contributed by atoms with Crippen molar-refractivity contribution in [2.75, 3.05) is 25.0 Å². The van der Waals surface area contributed by atoms with E-state index in [1.54, 1.807) is 12.1 Å². The molecule has 21 heavy (non-hydrogen) atoms. The highest BCUT2D eigenvalue weighted by Crippen LogP contribution is 2.20. The lowest BCUT2D eigenvalue weighted by molar-refractivity contribution is -0.117. The third-order valence-electron chi connectivity index (χ3n) is 3.73. The minimum Gasteiger partial charge on any atom is -0.478 e. The van der Waals surface area contributed by atoms with Gasteiger partial charge in [-0.2, -0.15) is 0 Å². The topological polar surface area (TPSA) is 69.6 Å². The molecular weight excluding hydrogens is 268 g/mol. The highest BCUT2D eigenvalue weighted by atomic mass is 16.4. The van der Waals surface area contributed by atoms with Crippen molar-refractivity contribution in [1.29, 1.82) is 0 Å². The van der Waals surface area contributed by atoms with E-state index in [9.17, 15) is 9.59 Å². The van der Waals surface area contributed by atoms with Crippen molar-refractivity contribution in [1.82, 2.24) is 4.90 Å². The molecule has 0 radical (unpaired) electrons. The number of benzene rings is 1. The summed E-state index contributed by atoms with van der Waals surface area (Å²) in [5.41, 5.74) is 0.842. The largest absolute Gasteiger partial charge is 0.478 e. The van der Waals surface area contributed by atoms with Crippen molar-refractivity contribution in [2.45, 2.75) is 20.3 Å². The van der Waals surface area contributed by atoms with Crippen LogP contribution >= 0.6 is 0 Å². The second-order valence-electron chi connectivity index (χ2n) is 6.07. The number of carbonyl (C=O) groups excluding carboxylic acids is 1. The molecule has 0 aliphatic carbocycles. The number of hydrogen-bond acceptors (Lipinski definition) is 3. The Bertz CT molecular complexity index is 503. The zero-order valence-electron chi connectivity index (χ0n) is 12.5. The SMILES string of the molecule is CC1CC(C)CN(CC(=O)Nc2ccc(C(=O)O)cc2)C1. The molecule has 5 heteroatoms. The third kappa shape index (κ3) is 4.56. The summed E-state index contributed by atoms with van der Waals surface area (Å²) >= 11 is 0. The van der Waals surface area contributed by atoms with Crippen molar-refractivity contribution in [3.63, 3.8) is 0 Å². The van der Waals surface area contributed by atoms with Crippen LogP contribution in [0, 0.1) is 11.8 Å². The molecule has 2 rings (SSSR count). The lowest BCUT2D eigenvalue weighted by Crippen LogP contribution is -2.42. The van der Waals surface area contributed by atoms with Crippen molar-refractivity contribution >= 4 is 17.6 Å². The fraction of sp³-hybridized carbons (Fsp3) is 0.500. The van der Waals surface area contributed by atoms with Gasteiger partial charge in [0.2, 0.25) is 5.91 Å². The molecule has 1 fully saturated rings. The van der Waals surface area contributed by atoms with E-state index >= 15 is 0 Å². The van der Waals surface area contributed by atoms with Gasteiger partial charge in [0.15, 0.2) is 0 Å². The molecule has 1 aromatic carbocycles. The third-order valence-corrected chi connectivity index (χ3v) is 3.73. The summed E-state index contributed by atoms with van der Waals surface area (Å²) in [6, 6.07) is 6.21. The van der Waals surface area contributed by atoms with Gasteiger partial charge in [-0.1, -0.05) is 13.8 Å². The Labute approximate surface area is 125 Å². The predicted octanol–water partition coefficient (Wildman–Crippen LogP) is 2.30. The Morgan fingerprint density at radius 2 is 1.76 bits per heavy atom. The van der Waals surface area contributed by atoms with Crippen molar-refractivity contribution in [2.24, 2.45) is 11.8 Å². The monoisotopic (exact) mass is 290 g/mol. The standard InChI is InChI=1S/C16H22N2O3/c1-11-7-12(2)9-18(8-11)10-15(19)17-14-5-3-13(4-6-14)16(20)21/h3-6,11-12H,7-10H2,1-2H3,(H,17,19)(H,20,21). The summed E-state index contributed by atoms with van der Waals surface area (Å²) in [6.07, 6.45) is 1.22. The first-order valence-electron chi connectivity index (χ1n) is 7.29. The van der Waals surface area contributed by atoms with Crippen LogP contribution in [0.3, 0.4) is 0 Å². The summed E-state index contributed by atoms with van der Waals surface area (Å²) < 4.78 is 0. The molecule has 5 nitrogen and oxygen atoms in total. The number of carboxylic acids is 1. The highest BCUT2D eigenvalue weighted by molar-refractivity contribution is 5.93. The fourth-order valence-corrected chi connectivity index (χ4v) is 3.02. The Morgan fingerprint density at radius 3 is 2.29 bits per heavy atom. The Morgan fingerprint density at radius 1 is 1.19 bits per heavy atom. The van der Waals surface area contributed by atoms with Crippen molar-refractivity contribution in [3.8, 4) is 0 Å². The van der Waals surface area contributed by atoms with E-state index in [4.69, 9.17) is 5.11 Å². The van der Waals surface area contributed by atoms with Gasteiger partial charge in [0.1, 0.15) is 0 Å². The molecule has 2 unspecified atom stereocenters. The molecule has 0 aromatic heterocycles. The van der Waals surface area contributed by atoms with Crippen LogP contribution < -0.4 is 5.32 Å². The van der Waals surface area contributed by atoms with E-state index in [2.05, 4.69) is 24.1 Å². The van der Waals surface area contributed by atoms with Crippen LogP contribution in [0.5, 0.6) is 0 Å². The Hall–Kier alpha value is -1.88. The Balaban J connectivity index is 1.88. The smallest absolute Gasteiger partial charge is 0.335 e. The van der Waals surface area contributed by atoms with Gasteiger partial charge in [-0.3, -0.25) is 9.69 Å². The number of carboxylic acid groups (broad SMARTS) is 1. The van der Waals surface area contributed by atoms with Gasteiger partial charge in [-0.05, 0) is 42.5 Å². The molecule has 2 N–H and O–H groups in total. The highest BCUT2D eigenvalue weighted by Gasteiger charge is 2.23.